The highest BCUT2D eigenvalue weighted by Crippen LogP contribution is 2.35. The molecule has 0 saturated carbocycles. The largest absolute Gasteiger partial charge is 0.317 e. The van der Waals surface area contributed by atoms with E-state index in [0.29, 0.717) is 4.91 Å². The number of aromatic nitrogens is 1. The Morgan fingerprint density at radius 2 is 1.75 bits per heavy atom. The average Bonchev–Trinajstić information content (AvgIpc) is 3.19. The van der Waals surface area contributed by atoms with E-state index in [1.54, 1.807) is 0 Å². The number of aryl methyl sites for hydroxylation is 3. The molecule has 0 spiro atoms. The molecule has 4 nitrogen and oxygen atoms in total. The number of halogens is 1. The molecule has 0 bridgehead atoms. The summed E-state index contributed by atoms with van der Waals surface area (Å²) in [5.41, 5.74) is 7.75. The third-order valence-electron chi connectivity index (χ3n) is 5.81. The lowest BCUT2D eigenvalue weighted by Crippen LogP contribution is -2.27. The van der Waals surface area contributed by atoms with Crippen molar-refractivity contribution >= 4 is 44.9 Å². The fourth-order valence-electron chi connectivity index (χ4n) is 4.15. The number of carbonyl (C=O) groups excluding carboxylic acids is 2. The lowest BCUT2D eigenvalue weighted by atomic mass is 10.1. The normalized spacial score (nSPS) is 15.3. The molecule has 0 atom stereocenters. The first-order valence-corrected chi connectivity index (χ1v) is 12.2. The van der Waals surface area contributed by atoms with Crippen LogP contribution in [0.15, 0.2) is 57.9 Å². The van der Waals surface area contributed by atoms with Crippen molar-refractivity contribution in [3.05, 3.63) is 91.6 Å². The van der Waals surface area contributed by atoms with Gasteiger partial charge in [-0.25, -0.2) is 0 Å². The van der Waals surface area contributed by atoms with Crippen LogP contribution in [0.2, 0.25) is 0 Å². The van der Waals surface area contributed by atoms with E-state index in [2.05, 4.69) is 72.5 Å². The number of nitrogens with zero attached hydrogens (tertiary/aromatic N) is 2. The van der Waals surface area contributed by atoms with Crippen molar-refractivity contribution in [1.82, 2.24) is 9.47 Å². The molecule has 32 heavy (non-hydrogen) atoms. The Hall–Kier alpha value is -2.57. The van der Waals surface area contributed by atoms with Gasteiger partial charge in [0.25, 0.3) is 11.1 Å². The van der Waals surface area contributed by atoms with Gasteiger partial charge in [0.05, 0.1) is 17.1 Å². The van der Waals surface area contributed by atoms with E-state index in [1.807, 2.05) is 30.3 Å². The molecule has 0 aliphatic carbocycles. The second-order valence-corrected chi connectivity index (χ2v) is 9.90. The lowest BCUT2D eigenvalue weighted by Gasteiger charge is -2.17. The fourth-order valence-corrected chi connectivity index (χ4v) is 5.25. The molecule has 1 fully saturated rings. The van der Waals surface area contributed by atoms with Crippen LogP contribution in [0.1, 0.15) is 40.6 Å². The van der Waals surface area contributed by atoms with Crippen LogP contribution >= 0.6 is 27.7 Å². The van der Waals surface area contributed by atoms with Crippen LogP contribution in [0.4, 0.5) is 4.79 Å². The topological polar surface area (TPSA) is 42.3 Å². The highest BCUT2D eigenvalue weighted by atomic mass is 79.9. The Morgan fingerprint density at radius 1 is 1.03 bits per heavy atom. The van der Waals surface area contributed by atoms with Crippen LogP contribution in [0.3, 0.4) is 0 Å². The number of thioether (sulfide) groups is 1. The summed E-state index contributed by atoms with van der Waals surface area (Å²) in [6.07, 6.45) is 2.80. The Morgan fingerprint density at radius 3 is 2.44 bits per heavy atom. The van der Waals surface area contributed by atoms with Crippen LogP contribution in [-0.2, 0) is 17.8 Å². The number of hydrogen-bond donors (Lipinski definition) is 0. The van der Waals surface area contributed by atoms with Gasteiger partial charge in [-0.2, -0.15) is 0 Å². The second-order valence-electron chi connectivity index (χ2n) is 7.99. The molecule has 0 N–H and O–H groups in total. The third kappa shape index (κ3) is 4.21. The van der Waals surface area contributed by atoms with E-state index in [0.717, 1.165) is 45.2 Å². The van der Waals surface area contributed by atoms with Gasteiger partial charge in [-0.05, 0) is 85.5 Å². The lowest BCUT2D eigenvalue weighted by molar-refractivity contribution is -0.123. The molecule has 1 aliphatic rings. The summed E-state index contributed by atoms with van der Waals surface area (Å²) in [5.74, 6) is -0.238. The molecule has 1 saturated heterocycles. The van der Waals surface area contributed by atoms with Crippen molar-refractivity contribution in [2.24, 2.45) is 0 Å². The summed E-state index contributed by atoms with van der Waals surface area (Å²) < 4.78 is 3.22. The SMILES string of the molecule is CCc1cccc(C)c1-n1c(C)cc(/C=C2\SC(=O)N(Cc3ccc(Br)cc3)C2=O)c1C. The zero-order valence-electron chi connectivity index (χ0n) is 18.6. The highest BCUT2D eigenvalue weighted by molar-refractivity contribution is 9.10. The minimum atomic E-state index is -0.238. The van der Waals surface area contributed by atoms with Crippen molar-refractivity contribution in [1.29, 1.82) is 0 Å². The van der Waals surface area contributed by atoms with E-state index in [9.17, 15) is 9.59 Å². The first-order chi connectivity index (χ1) is 15.3. The van der Waals surface area contributed by atoms with Gasteiger partial charge in [0, 0.05) is 15.9 Å². The third-order valence-corrected chi connectivity index (χ3v) is 7.25. The van der Waals surface area contributed by atoms with Crippen molar-refractivity contribution in [3.8, 4) is 5.69 Å². The van der Waals surface area contributed by atoms with Crippen molar-refractivity contribution in [2.75, 3.05) is 0 Å². The van der Waals surface area contributed by atoms with Crippen LogP contribution < -0.4 is 0 Å². The molecule has 2 amide bonds. The smallest absolute Gasteiger partial charge is 0.293 e. The fraction of sp³-hybridized carbons (Fsp3) is 0.231. The van der Waals surface area contributed by atoms with Crippen LogP contribution in [0, 0.1) is 20.8 Å². The molecule has 0 unspecified atom stereocenters. The minimum absolute atomic E-state index is 0.231. The molecule has 2 aromatic carbocycles. The zero-order valence-corrected chi connectivity index (χ0v) is 21.0. The van der Waals surface area contributed by atoms with E-state index in [4.69, 9.17) is 0 Å². The monoisotopic (exact) mass is 508 g/mol. The Balaban J connectivity index is 1.67. The Kier molecular flexibility index (Phi) is 6.45. The maximum absolute atomic E-state index is 13.0. The van der Waals surface area contributed by atoms with Gasteiger partial charge in [0.15, 0.2) is 0 Å². The molecule has 2 heterocycles. The quantitative estimate of drug-likeness (QED) is 0.349. The molecule has 3 aromatic rings. The van der Waals surface area contributed by atoms with Gasteiger partial charge in [0.2, 0.25) is 0 Å². The molecule has 164 valence electrons. The number of para-hydroxylation sites is 1. The zero-order chi connectivity index (χ0) is 23.0. The van der Waals surface area contributed by atoms with Gasteiger partial charge in [-0.15, -0.1) is 0 Å². The Labute approximate surface area is 201 Å². The van der Waals surface area contributed by atoms with Gasteiger partial charge < -0.3 is 4.57 Å². The van der Waals surface area contributed by atoms with E-state index in [1.165, 1.54) is 21.7 Å². The summed E-state index contributed by atoms with van der Waals surface area (Å²) >= 11 is 4.42. The summed E-state index contributed by atoms with van der Waals surface area (Å²) in [4.78, 5) is 27.4. The summed E-state index contributed by atoms with van der Waals surface area (Å²) in [6, 6.07) is 16.1. The first-order valence-electron chi connectivity index (χ1n) is 10.6. The van der Waals surface area contributed by atoms with Gasteiger partial charge >= 0.3 is 0 Å². The maximum Gasteiger partial charge on any atom is 0.293 e. The number of imide groups is 1. The maximum atomic E-state index is 13.0. The van der Waals surface area contributed by atoms with Gasteiger partial charge in [-0.1, -0.05) is 53.2 Å². The van der Waals surface area contributed by atoms with Crippen LogP contribution in [-0.4, -0.2) is 20.6 Å². The highest BCUT2D eigenvalue weighted by Gasteiger charge is 2.35. The van der Waals surface area contributed by atoms with Crippen LogP contribution in [0.5, 0.6) is 0 Å². The van der Waals surface area contributed by atoms with Crippen molar-refractivity contribution in [3.63, 3.8) is 0 Å². The predicted molar refractivity (Wildman–Crippen MR) is 135 cm³/mol. The second kappa shape index (κ2) is 9.12. The summed E-state index contributed by atoms with van der Waals surface area (Å²) in [7, 11) is 0. The van der Waals surface area contributed by atoms with Crippen molar-refractivity contribution in [2.45, 2.75) is 40.7 Å². The number of amides is 2. The number of rotatable bonds is 5. The molecule has 1 aromatic heterocycles. The molecule has 4 rings (SSSR count). The number of benzene rings is 2. The number of carbonyl (C=O) groups is 2. The standard InChI is InChI=1S/C26H25BrN2O2S/c1-5-20-8-6-7-16(2)24(20)29-17(3)13-21(18(29)4)14-23-25(30)28(26(31)32-23)15-19-9-11-22(27)12-10-19/h6-14H,5,15H2,1-4H3/b23-14-. The minimum Gasteiger partial charge on any atom is -0.317 e. The predicted octanol–water partition coefficient (Wildman–Crippen LogP) is 6.96. The molecule has 0 radical (unpaired) electrons. The number of hydrogen-bond acceptors (Lipinski definition) is 3. The van der Waals surface area contributed by atoms with Gasteiger partial charge in [0.1, 0.15) is 0 Å². The average molecular weight is 509 g/mol. The first kappa shape index (κ1) is 22.6. The molecule has 1 aliphatic heterocycles. The van der Waals surface area contributed by atoms with E-state index in [-0.39, 0.29) is 17.7 Å². The van der Waals surface area contributed by atoms with Crippen molar-refractivity contribution < 1.29 is 9.59 Å². The van der Waals surface area contributed by atoms with Crippen LogP contribution in [0.25, 0.3) is 11.8 Å². The molecular weight excluding hydrogens is 484 g/mol. The summed E-state index contributed by atoms with van der Waals surface area (Å²) in [6.45, 7) is 8.71. The Bertz CT molecular complexity index is 1240. The van der Waals surface area contributed by atoms with E-state index < -0.39 is 0 Å². The summed E-state index contributed by atoms with van der Waals surface area (Å²) in [5, 5.41) is -0.231. The van der Waals surface area contributed by atoms with E-state index >= 15 is 0 Å². The molecule has 6 heteroatoms. The molecular formula is C26H25BrN2O2S. The van der Waals surface area contributed by atoms with Gasteiger partial charge in [-0.3, -0.25) is 14.5 Å².